The van der Waals surface area contributed by atoms with E-state index in [1.165, 1.54) is 0 Å². The highest BCUT2D eigenvalue weighted by Crippen LogP contribution is 2.25. The summed E-state index contributed by atoms with van der Waals surface area (Å²) in [5, 5.41) is 10.6. The van der Waals surface area contributed by atoms with E-state index < -0.39 is 40.8 Å². The molecular weight excluding hydrogens is 469 g/mol. The predicted octanol–water partition coefficient (Wildman–Crippen LogP) is 3.55. The van der Waals surface area contributed by atoms with E-state index in [4.69, 9.17) is 0 Å². The number of unbranched alkanes of at least 4 members (excludes halogenated alkanes) is 1. The van der Waals surface area contributed by atoms with Crippen LogP contribution >= 0.6 is 0 Å². The maximum atomic E-state index is 13.2. The molecule has 0 bridgehead atoms. The fourth-order valence-corrected chi connectivity index (χ4v) is 5.40. The van der Waals surface area contributed by atoms with Gasteiger partial charge >= 0.3 is 6.18 Å². The molecule has 1 aromatic heterocycles. The van der Waals surface area contributed by atoms with Gasteiger partial charge in [0.2, 0.25) is 5.91 Å². The van der Waals surface area contributed by atoms with Crippen molar-refractivity contribution in [2.45, 2.75) is 71.3 Å². The summed E-state index contributed by atoms with van der Waals surface area (Å²) in [7, 11) is -0.943. The molecule has 3 rings (SSSR count). The van der Waals surface area contributed by atoms with Crippen LogP contribution in [0.15, 0.2) is 24.3 Å². The highest BCUT2D eigenvalue weighted by atomic mass is 32.2. The number of alkyl halides is 3. The molecule has 2 N–H and O–H groups in total. The van der Waals surface area contributed by atoms with Gasteiger partial charge in [-0.15, -0.1) is 0 Å². The molecule has 1 aliphatic rings. The Kier molecular flexibility index (Phi) is 8.05. The molecule has 34 heavy (non-hydrogen) atoms. The van der Waals surface area contributed by atoms with Crippen LogP contribution in [0.4, 0.5) is 13.2 Å². The Labute approximate surface area is 199 Å². The SMILES string of the molecule is CC(C)(C)C(NC(=O)c1nn(CCCCC(F)(F)F)c2ccccc12)C(=O)NC1CCS(=O)C1. The maximum absolute atomic E-state index is 13.2. The van der Waals surface area contributed by atoms with Crippen molar-refractivity contribution >= 4 is 33.5 Å². The van der Waals surface area contributed by atoms with Gasteiger partial charge in [0.1, 0.15) is 6.04 Å². The number of aromatic nitrogens is 2. The first-order valence-corrected chi connectivity index (χ1v) is 12.8. The largest absolute Gasteiger partial charge is 0.389 e. The lowest BCUT2D eigenvalue weighted by atomic mass is 9.85. The topological polar surface area (TPSA) is 93.1 Å². The van der Waals surface area contributed by atoms with Crippen LogP contribution in [0.5, 0.6) is 0 Å². The van der Waals surface area contributed by atoms with Gasteiger partial charge in [0.25, 0.3) is 5.91 Å². The van der Waals surface area contributed by atoms with Crippen molar-refractivity contribution in [3.63, 3.8) is 0 Å². The fourth-order valence-electron chi connectivity index (χ4n) is 3.99. The summed E-state index contributed by atoms with van der Waals surface area (Å²) < 4.78 is 50.6. The highest BCUT2D eigenvalue weighted by Gasteiger charge is 2.36. The molecule has 0 radical (unpaired) electrons. The van der Waals surface area contributed by atoms with E-state index in [2.05, 4.69) is 15.7 Å². The average molecular weight is 501 g/mol. The smallest absolute Gasteiger partial charge is 0.351 e. The van der Waals surface area contributed by atoms with E-state index in [1.807, 2.05) is 20.8 Å². The Bertz CT molecular complexity index is 1060. The van der Waals surface area contributed by atoms with Gasteiger partial charge in [-0.25, -0.2) is 0 Å². The van der Waals surface area contributed by atoms with E-state index in [1.54, 1.807) is 28.9 Å². The zero-order valence-corrected chi connectivity index (χ0v) is 20.4. The first kappa shape index (κ1) is 26.2. The molecule has 0 aliphatic carbocycles. The lowest BCUT2D eigenvalue weighted by Crippen LogP contribution is -2.55. The van der Waals surface area contributed by atoms with E-state index in [0.717, 1.165) is 0 Å². The molecule has 188 valence electrons. The second-order valence-corrected chi connectivity index (χ2v) is 11.4. The van der Waals surface area contributed by atoms with Gasteiger partial charge in [0, 0.05) is 46.7 Å². The van der Waals surface area contributed by atoms with Crippen LogP contribution in [0.25, 0.3) is 10.9 Å². The van der Waals surface area contributed by atoms with Crippen LogP contribution in [0, 0.1) is 5.41 Å². The zero-order valence-electron chi connectivity index (χ0n) is 19.6. The van der Waals surface area contributed by atoms with E-state index in [0.29, 0.717) is 28.8 Å². The van der Waals surface area contributed by atoms with Crippen molar-refractivity contribution in [3.05, 3.63) is 30.0 Å². The molecule has 11 heteroatoms. The number of nitrogens with one attached hydrogen (secondary N) is 2. The third kappa shape index (κ3) is 6.80. The second kappa shape index (κ2) is 10.5. The molecule has 3 atom stereocenters. The molecule has 1 aromatic carbocycles. The summed E-state index contributed by atoms with van der Waals surface area (Å²) >= 11 is 0. The Morgan fingerprint density at radius 3 is 2.53 bits per heavy atom. The summed E-state index contributed by atoms with van der Waals surface area (Å²) in [5.74, 6) is 0.0695. The molecule has 2 heterocycles. The van der Waals surface area contributed by atoms with E-state index in [-0.39, 0.29) is 37.0 Å². The number of amides is 2. The third-order valence-corrected chi connectivity index (χ3v) is 7.25. The number of hydrogen-bond donors (Lipinski definition) is 2. The minimum Gasteiger partial charge on any atom is -0.351 e. The molecule has 1 fully saturated rings. The number of halogens is 3. The van der Waals surface area contributed by atoms with Crippen molar-refractivity contribution in [2.75, 3.05) is 11.5 Å². The Morgan fingerprint density at radius 2 is 1.91 bits per heavy atom. The zero-order chi connectivity index (χ0) is 25.1. The number of nitrogens with zero attached hydrogens (tertiary/aromatic N) is 2. The first-order chi connectivity index (χ1) is 15.8. The molecule has 2 amide bonds. The molecular formula is C23H31F3N4O3S. The van der Waals surface area contributed by atoms with Crippen LogP contribution in [0.1, 0.15) is 56.9 Å². The van der Waals surface area contributed by atoms with Crippen LogP contribution in [-0.4, -0.2) is 55.6 Å². The molecule has 7 nitrogen and oxygen atoms in total. The maximum Gasteiger partial charge on any atom is 0.389 e. The van der Waals surface area contributed by atoms with E-state index in [9.17, 15) is 27.0 Å². The number of rotatable bonds is 8. The average Bonchev–Trinajstić information content (AvgIpc) is 3.31. The summed E-state index contributed by atoms with van der Waals surface area (Å²) in [6, 6.07) is 5.97. The van der Waals surface area contributed by atoms with Crippen molar-refractivity contribution in [2.24, 2.45) is 5.41 Å². The van der Waals surface area contributed by atoms with Crippen molar-refractivity contribution < 1.29 is 27.0 Å². The normalized spacial score (nSPS) is 19.8. The second-order valence-electron chi connectivity index (χ2n) is 9.74. The number of para-hydroxylation sites is 1. The van der Waals surface area contributed by atoms with Gasteiger partial charge in [-0.1, -0.05) is 39.0 Å². The number of carbonyl (C=O) groups is 2. The predicted molar refractivity (Wildman–Crippen MR) is 125 cm³/mol. The quantitative estimate of drug-likeness (QED) is 0.542. The fraction of sp³-hybridized carbons (Fsp3) is 0.609. The third-order valence-electron chi connectivity index (χ3n) is 5.78. The molecule has 1 saturated heterocycles. The van der Waals surface area contributed by atoms with Crippen LogP contribution in [0.2, 0.25) is 0 Å². The van der Waals surface area contributed by atoms with Gasteiger partial charge < -0.3 is 10.6 Å². The number of hydrogen-bond acceptors (Lipinski definition) is 4. The van der Waals surface area contributed by atoms with Gasteiger partial charge in [-0.2, -0.15) is 18.3 Å². The Morgan fingerprint density at radius 1 is 1.21 bits per heavy atom. The number of carbonyl (C=O) groups excluding carboxylic acids is 2. The van der Waals surface area contributed by atoms with Gasteiger partial charge in [0.05, 0.1) is 5.52 Å². The monoisotopic (exact) mass is 500 g/mol. The van der Waals surface area contributed by atoms with Gasteiger partial charge in [-0.3, -0.25) is 18.5 Å². The summed E-state index contributed by atoms with van der Waals surface area (Å²) in [5.41, 5.74) is 0.160. The lowest BCUT2D eigenvalue weighted by Gasteiger charge is -2.31. The first-order valence-electron chi connectivity index (χ1n) is 11.3. The van der Waals surface area contributed by atoms with E-state index >= 15 is 0 Å². The van der Waals surface area contributed by atoms with Crippen molar-refractivity contribution in [3.8, 4) is 0 Å². The Hall–Kier alpha value is -2.43. The Balaban J connectivity index is 1.76. The number of aryl methyl sites for hydroxylation is 1. The minimum absolute atomic E-state index is 0.0303. The highest BCUT2D eigenvalue weighted by molar-refractivity contribution is 7.85. The number of fused-ring (bicyclic) bond motifs is 1. The van der Waals surface area contributed by atoms with Crippen molar-refractivity contribution in [1.82, 2.24) is 20.4 Å². The summed E-state index contributed by atoms with van der Waals surface area (Å²) in [4.78, 5) is 26.2. The van der Waals surface area contributed by atoms with Crippen LogP contribution in [-0.2, 0) is 22.1 Å². The van der Waals surface area contributed by atoms with Crippen molar-refractivity contribution in [1.29, 1.82) is 0 Å². The van der Waals surface area contributed by atoms with Crippen LogP contribution in [0.3, 0.4) is 0 Å². The molecule has 3 unspecified atom stereocenters. The molecule has 0 saturated carbocycles. The molecule has 0 spiro atoms. The standard InChI is InChI=1S/C23H31F3N4O3S/c1-22(2,3)19(21(32)27-15-10-13-34(33)14-15)28-20(31)18-16-8-4-5-9-17(16)30(29-18)12-7-6-11-23(24,25)26/h4-5,8-9,15,19H,6-7,10-14H2,1-3H3,(H,27,32)(H,28,31). The van der Waals surface area contributed by atoms with Crippen LogP contribution < -0.4 is 10.6 Å². The molecule has 2 aromatic rings. The number of benzene rings is 1. The lowest BCUT2D eigenvalue weighted by molar-refractivity contribution is -0.135. The molecule has 1 aliphatic heterocycles. The minimum atomic E-state index is -4.20. The summed E-state index contributed by atoms with van der Waals surface area (Å²) in [6.07, 6.45) is -4.20. The summed E-state index contributed by atoms with van der Waals surface area (Å²) in [6.45, 7) is 5.75. The van der Waals surface area contributed by atoms with Gasteiger partial charge in [-0.05, 0) is 30.7 Å². The van der Waals surface area contributed by atoms with Gasteiger partial charge in [0.15, 0.2) is 5.69 Å².